The number of benzene rings is 2. The Hall–Kier alpha value is -1.67. The molecule has 0 spiro atoms. The van der Waals surface area contributed by atoms with Crippen molar-refractivity contribution in [2.75, 3.05) is 18.0 Å². The summed E-state index contributed by atoms with van der Waals surface area (Å²) >= 11 is 5.96. The summed E-state index contributed by atoms with van der Waals surface area (Å²) in [6.45, 7) is 6.35. The normalized spacial score (nSPS) is 15.6. The van der Waals surface area contributed by atoms with Crippen molar-refractivity contribution in [1.29, 1.82) is 0 Å². The Bertz CT molecular complexity index is 677. The number of halogens is 1. The number of piperidine rings is 1. The molecule has 1 fully saturated rings. The average molecular weight is 358 g/mol. The number of rotatable bonds is 6. The number of nitrogens with zero attached hydrogens (tertiary/aromatic N) is 1. The maximum absolute atomic E-state index is 5.99. The highest BCUT2D eigenvalue weighted by atomic mass is 35.5. The Morgan fingerprint density at radius 2 is 1.76 bits per heavy atom. The van der Waals surface area contributed by atoms with Crippen LogP contribution in [0.5, 0.6) is 5.75 Å². The van der Waals surface area contributed by atoms with E-state index in [1.165, 1.54) is 29.7 Å². The van der Waals surface area contributed by atoms with Crippen LogP contribution in [0.2, 0.25) is 0 Å². The molecule has 0 amide bonds. The summed E-state index contributed by atoms with van der Waals surface area (Å²) in [7, 11) is 0. The number of para-hydroxylation sites is 2. The lowest BCUT2D eigenvalue weighted by molar-refractivity contribution is 0.242. The molecular formula is C22H28ClNO. The van der Waals surface area contributed by atoms with Gasteiger partial charge in [-0.2, -0.15) is 0 Å². The molecule has 0 aromatic heterocycles. The summed E-state index contributed by atoms with van der Waals surface area (Å²) in [5, 5.41) is 0. The molecule has 2 aromatic carbocycles. The van der Waals surface area contributed by atoms with Crippen LogP contribution in [-0.2, 0) is 12.3 Å². The molecule has 0 saturated carbocycles. The van der Waals surface area contributed by atoms with Crippen LogP contribution in [-0.4, -0.2) is 19.2 Å². The van der Waals surface area contributed by atoms with Crippen LogP contribution < -0.4 is 9.64 Å². The zero-order valence-corrected chi connectivity index (χ0v) is 16.0. The number of hydrogen-bond acceptors (Lipinski definition) is 2. The molecule has 1 aliphatic heterocycles. The highest BCUT2D eigenvalue weighted by Crippen LogP contribution is 2.33. The van der Waals surface area contributed by atoms with E-state index in [1.54, 1.807) is 0 Å². The van der Waals surface area contributed by atoms with Crippen molar-refractivity contribution in [2.24, 2.45) is 5.92 Å². The lowest BCUT2D eigenvalue weighted by Crippen LogP contribution is -2.34. The first-order valence-electron chi connectivity index (χ1n) is 9.30. The zero-order chi connectivity index (χ0) is 17.6. The van der Waals surface area contributed by atoms with Gasteiger partial charge >= 0.3 is 0 Å². The van der Waals surface area contributed by atoms with Gasteiger partial charge in [0.2, 0.25) is 0 Å². The monoisotopic (exact) mass is 357 g/mol. The molecule has 25 heavy (non-hydrogen) atoms. The average Bonchev–Trinajstić information content (AvgIpc) is 2.63. The van der Waals surface area contributed by atoms with Gasteiger partial charge in [-0.15, -0.1) is 11.6 Å². The van der Waals surface area contributed by atoms with Gasteiger partial charge in [-0.3, -0.25) is 0 Å². The molecule has 1 saturated heterocycles. The molecule has 0 unspecified atom stereocenters. The van der Waals surface area contributed by atoms with E-state index in [2.05, 4.69) is 67.3 Å². The minimum atomic E-state index is 0.202. The Labute approximate surface area is 156 Å². The summed E-state index contributed by atoms with van der Waals surface area (Å²) in [5.41, 5.74) is 3.87. The molecule has 0 radical (unpaired) electrons. The number of anilines is 1. The van der Waals surface area contributed by atoms with Crippen molar-refractivity contribution in [3.05, 3.63) is 59.7 Å². The molecule has 0 atom stereocenters. The van der Waals surface area contributed by atoms with Crippen LogP contribution in [0.25, 0.3) is 0 Å². The van der Waals surface area contributed by atoms with Gasteiger partial charge < -0.3 is 9.64 Å². The third-order valence-corrected chi connectivity index (χ3v) is 5.16. The van der Waals surface area contributed by atoms with E-state index in [0.29, 0.717) is 5.88 Å². The Morgan fingerprint density at radius 1 is 1.04 bits per heavy atom. The van der Waals surface area contributed by atoms with Gasteiger partial charge in [0.1, 0.15) is 5.75 Å². The fraction of sp³-hybridized carbons (Fsp3) is 0.455. The van der Waals surface area contributed by atoms with Crippen LogP contribution in [0, 0.1) is 5.92 Å². The van der Waals surface area contributed by atoms with E-state index in [9.17, 15) is 0 Å². The van der Waals surface area contributed by atoms with Crippen molar-refractivity contribution in [3.8, 4) is 5.75 Å². The van der Waals surface area contributed by atoms with E-state index in [4.69, 9.17) is 16.3 Å². The molecule has 0 bridgehead atoms. The highest BCUT2D eigenvalue weighted by molar-refractivity contribution is 6.17. The van der Waals surface area contributed by atoms with E-state index in [1.807, 2.05) is 0 Å². The second-order valence-corrected chi connectivity index (χ2v) is 7.49. The van der Waals surface area contributed by atoms with Gasteiger partial charge in [0, 0.05) is 19.0 Å². The molecule has 2 aromatic rings. The highest BCUT2D eigenvalue weighted by Gasteiger charge is 2.22. The smallest absolute Gasteiger partial charge is 0.142 e. The lowest BCUT2D eigenvalue weighted by atomic mass is 9.89. The summed E-state index contributed by atoms with van der Waals surface area (Å²) < 4.78 is 5.99. The van der Waals surface area contributed by atoms with Gasteiger partial charge in [-0.05, 0) is 62.3 Å². The predicted octanol–water partition coefficient (Wildman–Crippen LogP) is 5.67. The quantitative estimate of drug-likeness (QED) is 0.617. The summed E-state index contributed by atoms with van der Waals surface area (Å²) in [4.78, 5) is 2.48. The molecule has 3 rings (SSSR count). The van der Waals surface area contributed by atoms with Gasteiger partial charge in [0.25, 0.3) is 0 Å². The summed E-state index contributed by atoms with van der Waals surface area (Å²) in [5.74, 6) is 2.35. The number of alkyl halides is 1. The summed E-state index contributed by atoms with van der Waals surface area (Å²) in [6.07, 6.45) is 3.80. The SMILES string of the molecule is CC(C)Oc1ccccc1N1CCC(Cc2cccc(CCl)c2)CC1. The lowest BCUT2D eigenvalue weighted by Gasteiger charge is -2.34. The number of hydrogen-bond donors (Lipinski definition) is 0. The third-order valence-electron chi connectivity index (χ3n) is 4.85. The van der Waals surface area contributed by atoms with E-state index in [0.717, 1.165) is 31.2 Å². The van der Waals surface area contributed by atoms with Crippen molar-refractivity contribution in [3.63, 3.8) is 0 Å². The molecule has 2 nitrogen and oxygen atoms in total. The molecule has 3 heteroatoms. The van der Waals surface area contributed by atoms with Crippen molar-refractivity contribution in [2.45, 2.75) is 45.1 Å². The van der Waals surface area contributed by atoms with Gasteiger partial charge in [-0.25, -0.2) is 0 Å². The van der Waals surface area contributed by atoms with Crippen LogP contribution in [0.4, 0.5) is 5.69 Å². The van der Waals surface area contributed by atoms with Crippen LogP contribution >= 0.6 is 11.6 Å². The van der Waals surface area contributed by atoms with Crippen LogP contribution in [0.1, 0.15) is 37.8 Å². The van der Waals surface area contributed by atoms with E-state index in [-0.39, 0.29) is 6.10 Å². The molecular weight excluding hydrogens is 330 g/mol. The first-order valence-corrected chi connectivity index (χ1v) is 9.83. The Kier molecular flexibility index (Phi) is 6.25. The van der Waals surface area contributed by atoms with Gasteiger partial charge in [-0.1, -0.05) is 36.4 Å². The Morgan fingerprint density at radius 3 is 2.48 bits per heavy atom. The topological polar surface area (TPSA) is 12.5 Å². The first kappa shape index (κ1) is 18.1. The first-order chi connectivity index (χ1) is 12.2. The summed E-state index contributed by atoms with van der Waals surface area (Å²) in [6, 6.07) is 17.1. The zero-order valence-electron chi connectivity index (χ0n) is 15.2. The van der Waals surface area contributed by atoms with Crippen LogP contribution in [0.15, 0.2) is 48.5 Å². The van der Waals surface area contributed by atoms with Crippen LogP contribution in [0.3, 0.4) is 0 Å². The maximum Gasteiger partial charge on any atom is 0.142 e. The predicted molar refractivity (Wildman–Crippen MR) is 107 cm³/mol. The second-order valence-electron chi connectivity index (χ2n) is 7.22. The van der Waals surface area contributed by atoms with Crippen molar-refractivity contribution in [1.82, 2.24) is 0 Å². The van der Waals surface area contributed by atoms with Crippen molar-refractivity contribution >= 4 is 17.3 Å². The van der Waals surface area contributed by atoms with Gasteiger partial charge in [0.05, 0.1) is 11.8 Å². The fourth-order valence-electron chi connectivity index (χ4n) is 3.62. The maximum atomic E-state index is 5.99. The van der Waals surface area contributed by atoms with Crippen molar-refractivity contribution < 1.29 is 4.74 Å². The molecule has 1 aliphatic rings. The second kappa shape index (κ2) is 8.62. The molecule has 0 aliphatic carbocycles. The van der Waals surface area contributed by atoms with E-state index < -0.39 is 0 Å². The standard InChI is InChI=1S/C22H28ClNO/c1-17(2)25-22-9-4-3-8-21(22)24-12-10-18(11-13-24)14-19-6-5-7-20(15-19)16-23/h3-9,15,17-18H,10-14,16H2,1-2H3. The number of ether oxygens (including phenoxy) is 1. The fourth-order valence-corrected chi connectivity index (χ4v) is 3.79. The molecule has 0 N–H and O–H groups in total. The van der Waals surface area contributed by atoms with Gasteiger partial charge in [0.15, 0.2) is 0 Å². The molecule has 134 valence electrons. The van der Waals surface area contributed by atoms with E-state index >= 15 is 0 Å². The third kappa shape index (κ3) is 4.92. The molecule has 1 heterocycles. The largest absolute Gasteiger partial charge is 0.489 e. The Balaban J connectivity index is 1.60. The minimum Gasteiger partial charge on any atom is -0.489 e. The minimum absolute atomic E-state index is 0.202.